The Bertz CT molecular complexity index is 586. The molecule has 0 atom stereocenters. The van der Waals surface area contributed by atoms with Crippen LogP contribution in [0.25, 0.3) is 0 Å². The number of aryl methyl sites for hydroxylation is 2. The molecule has 3 heteroatoms. The van der Waals surface area contributed by atoms with Gasteiger partial charge in [0, 0.05) is 0 Å². The molecule has 0 unspecified atom stereocenters. The van der Waals surface area contributed by atoms with Crippen LogP contribution in [0.2, 0.25) is 0 Å². The first kappa shape index (κ1) is 19.6. The topological polar surface area (TPSA) is 9.23 Å². The van der Waals surface area contributed by atoms with Crippen LogP contribution in [0.15, 0.2) is 12.1 Å². The number of hydrogen-bond donors (Lipinski definition) is 0. The largest absolute Gasteiger partial charge is 0.432 e. The minimum atomic E-state index is -3.07. The molecule has 1 nitrogen and oxygen atoms in total. The molecule has 0 aliphatic heterocycles. The number of alkyl halides is 2. The summed E-state index contributed by atoms with van der Waals surface area (Å²) in [7, 11) is 0. The maximum atomic E-state index is 14.8. The second-order valence-corrected chi connectivity index (χ2v) is 8.98. The zero-order chi connectivity index (χ0) is 18.9. The van der Waals surface area contributed by atoms with Crippen LogP contribution >= 0.6 is 0 Å². The molecule has 1 aromatic rings. The van der Waals surface area contributed by atoms with Gasteiger partial charge in [-0.15, -0.1) is 0 Å². The predicted octanol–water partition coefficient (Wildman–Crippen LogP) is 7.22. The highest BCUT2D eigenvalue weighted by atomic mass is 19.3. The van der Waals surface area contributed by atoms with Crippen molar-refractivity contribution in [2.24, 2.45) is 23.7 Å². The summed E-state index contributed by atoms with van der Waals surface area (Å²) in [5.41, 5.74) is 3.15. The molecule has 0 heterocycles. The number of rotatable bonds is 4. The molecular formula is C23H34F2O. The van der Waals surface area contributed by atoms with Crippen LogP contribution in [0, 0.1) is 44.4 Å². The Kier molecular flexibility index (Phi) is 5.94. The second kappa shape index (κ2) is 7.86. The number of benzene rings is 1. The van der Waals surface area contributed by atoms with Crippen molar-refractivity contribution in [1.82, 2.24) is 0 Å². The van der Waals surface area contributed by atoms with Crippen molar-refractivity contribution >= 4 is 0 Å². The molecule has 146 valence electrons. The van der Waals surface area contributed by atoms with Crippen LogP contribution in [0.4, 0.5) is 8.78 Å². The molecule has 2 saturated carbocycles. The number of halogens is 2. The van der Waals surface area contributed by atoms with Gasteiger partial charge in [-0.1, -0.05) is 19.8 Å². The fourth-order valence-corrected chi connectivity index (χ4v) is 4.98. The van der Waals surface area contributed by atoms with Gasteiger partial charge in [0.2, 0.25) is 0 Å². The SMILES string of the molecule is Cc1cc(OC(F)(F)C2CCC(C3CCC(C)CC3)CC2)cc(C)c1C. The number of hydrogen-bond acceptors (Lipinski definition) is 1. The van der Waals surface area contributed by atoms with E-state index >= 15 is 0 Å². The molecule has 2 aliphatic rings. The smallest absolute Gasteiger partial charge is 0.400 e. The molecular weight excluding hydrogens is 330 g/mol. The standard InChI is InChI=1S/C23H34F2O/c1-15-5-7-19(8-6-15)20-9-11-21(12-10-20)23(24,25)26-22-13-16(2)18(4)17(3)14-22/h13-15,19-21H,5-12H2,1-4H3. The van der Waals surface area contributed by atoms with E-state index in [9.17, 15) is 8.78 Å². The zero-order valence-electron chi connectivity index (χ0n) is 16.8. The van der Waals surface area contributed by atoms with Gasteiger partial charge in [-0.2, -0.15) is 8.78 Å². The molecule has 3 rings (SSSR count). The summed E-state index contributed by atoms with van der Waals surface area (Å²) in [5.74, 6) is 1.92. The summed E-state index contributed by atoms with van der Waals surface area (Å²) in [6.45, 7) is 8.24. The Morgan fingerprint density at radius 1 is 0.808 bits per heavy atom. The summed E-state index contributed by atoms with van der Waals surface area (Å²) in [4.78, 5) is 0. The fourth-order valence-electron chi connectivity index (χ4n) is 4.98. The molecule has 2 fully saturated rings. The van der Waals surface area contributed by atoms with Crippen LogP contribution in [0.1, 0.15) is 75.0 Å². The summed E-state index contributed by atoms with van der Waals surface area (Å²) in [6, 6.07) is 3.48. The van der Waals surface area contributed by atoms with E-state index in [0.29, 0.717) is 24.5 Å². The van der Waals surface area contributed by atoms with Crippen molar-refractivity contribution < 1.29 is 13.5 Å². The van der Waals surface area contributed by atoms with E-state index in [2.05, 4.69) is 6.92 Å². The van der Waals surface area contributed by atoms with E-state index in [0.717, 1.165) is 41.4 Å². The molecule has 0 saturated heterocycles. The lowest BCUT2D eigenvalue weighted by Crippen LogP contribution is -2.38. The van der Waals surface area contributed by atoms with Gasteiger partial charge in [0.05, 0.1) is 5.92 Å². The van der Waals surface area contributed by atoms with Gasteiger partial charge >= 0.3 is 6.11 Å². The summed E-state index contributed by atoms with van der Waals surface area (Å²) >= 11 is 0. The van der Waals surface area contributed by atoms with Crippen molar-refractivity contribution in [3.05, 3.63) is 28.8 Å². The lowest BCUT2D eigenvalue weighted by Gasteiger charge is -2.38. The minimum Gasteiger partial charge on any atom is -0.432 e. The Labute approximate surface area is 157 Å². The quantitative estimate of drug-likeness (QED) is 0.548. The van der Waals surface area contributed by atoms with E-state index < -0.39 is 12.0 Å². The fraction of sp³-hybridized carbons (Fsp3) is 0.739. The Hall–Kier alpha value is -1.12. The highest BCUT2D eigenvalue weighted by Crippen LogP contribution is 2.45. The average molecular weight is 365 g/mol. The van der Waals surface area contributed by atoms with Crippen molar-refractivity contribution in [2.45, 2.75) is 85.2 Å². The van der Waals surface area contributed by atoms with Crippen molar-refractivity contribution in [1.29, 1.82) is 0 Å². The Balaban J connectivity index is 1.57. The lowest BCUT2D eigenvalue weighted by molar-refractivity contribution is -0.224. The predicted molar refractivity (Wildman–Crippen MR) is 103 cm³/mol. The Morgan fingerprint density at radius 3 is 1.77 bits per heavy atom. The zero-order valence-corrected chi connectivity index (χ0v) is 16.8. The molecule has 0 amide bonds. The van der Waals surface area contributed by atoms with Gasteiger partial charge in [-0.3, -0.25) is 0 Å². The molecule has 0 N–H and O–H groups in total. The molecule has 26 heavy (non-hydrogen) atoms. The first-order valence-corrected chi connectivity index (χ1v) is 10.4. The van der Waals surface area contributed by atoms with Crippen LogP contribution < -0.4 is 4.74 Å². The molecule has 1 aromatic carbocycles. The van der Waals surface area contributed by atoms with Crippen molar-refractivity contribution in [3.8, 4) is 5.75 Å². The third kappa shape index (κ3) is 4.40. The number of ether oxygens (including phenoxy) is 1. The monoisotopic (exact) mass is 364 g/mol. The first-order chi connectivity index (χ1) is 12.3. The maximum Gasteiger partial charge on any atom is 0.400 e. The van der Waals surface area contributed by atoms with E-state index in [-0.39, 0.29) is 0 Å². The highest BCUT2D eigenvalue weighted by Gasteiger charge is 2.45. The van der Waals surface area contributed by atoms with Crippen molar-refractivity contribution in [2.75, 3.05) is 0 Å². The Morgan fingerprint density at radius 2 is 1.27 bits per heavy atom. The summed E-state index contributed by atoms with van der Waals surface area (Å²) in [6.07, 6.45) is 5.22. The average Bonchev–Trinajstić information content (AvgIpc) is 2.60. The maximum absolute atomic E-state index is 14.8. The highest BCUT2D eigenvalue weighted by molar-refractivity contribution is 5.40. The van der Waals surface area contributed by atoms with Gasteiger partial charge in [0.15, 0.2) is 0 Å². The van der Waals surface area contributed by atoms with Gasteiger partial charge < -0.3 is 4.74 Å². The molecule has 0 radical (unpaired) electrons. The van der Waals surface area contributed by atoms with Crippen LogP contribution in [-0.4, -0.2) is 6.11 Å². The summed E-state index contributed by atoms with van der Waals surface area (Å²) in [5, 5.41) is 0. The van der Waals surface area contributed by atoms with Crippen molar-refractivity contribution in [3.63, 3.8) is 0 Å². The lowest BCUT2D eigenvalue weighted by atomic mass is 9.69. The first-order valence-electron chi connectivity index (χ1n) is 10.4. The summed E-state index contributed by atoms with van der Waals surface area (Å²) < 4.78 is 34.7. The van der Waals surface area contributed by atoms with Gasteiger partial charge in [-0.05, 0) is 106 Å². The molecule has 0 bridgehead atoms. The van der Waals surface area contributed by atoms with Crippen LogP contribution in [0.3, 0.4) is 0 Å². The van der Waals surface area contributed by atoms with Crippen LogP contribution in [0.5, 0.6) is 5.75 Å². The molecule has 0 aromatic heterocycles. The molecule has 2 aliphatic carbocycles. The normalized spacial score (nSPS) is 30.2. The van der Waals surface area contributed by atoms with E-state index in [1.165, 1.54) is 25.7 Å². The third-order valence-electron chi connectivity index (χ3n) is 7.13. The third-order valence-corrected chi connectivity index (χ3v) is 7.13. The van der Waals surface area contributed by atoms with E-state index in [1.807, 2.05) is 20.8 Å². The van der Waals surface area contributed by atoms with Gasteiger partial charge in [0.1, 0.15) is 5.75 Å². The molecule has 0 spiro atoms. The van der Waals surface area contributed by atoms with E-state index in [1.54, 1.807) is 12.1 Å². The minimum absolute atomic E-state index is 0.305. The van der Waals surface area contributed by atoms with Gasteiger partial charge in [0.25, 0.3) is 0 Å². The second-order valence-electron chi connectivity index (χ2n) is 8.98. The van der Waals surface area contributed by atoms with Crippen LogP contribution in [-0.2, 0) is 0 Å². The van der Waals surface area contributed by atoms with E-state index in [4.69, 9.17) is 4.74 Å². The van der Waals surface area contributed by atoms with Gasteiger partial charge in [-0.25, -0.2) is 0 Å².